The van der Waals surface area contributed by atoms with Crippen LogP contribution in [0.25, 0.3) is 0 Å². The van der Waals surface area contributed by atoms with E-state index in [1.54, 1.807) is 12.2 Å². The van der Waals surface area contributed by atoms with Crippen molar-refractivity contribution in [1.29, 1.82) is 0 Å². The monoisotopic (exact) mass is 164 g/mol. The molecule has 0 aromatic heterocycles. The smallest absolute Gasteiger partial charge is 0.185 e. The molecule has 0 atom stereocenters. The molecule has 0 saturated heterocycles. The molecule has 0 radical (unpaired) electrons. The Morgan fingerprint density at radius 1 is 1.58 bits per heavy atom. The molecule has 12 heavy (non-hydrogen) atoms. The van der Waals surface area contributed by atoms with Gasteiger partial charge in [-0.2, -0.15) is 0 Å². The SMILES string of the molecule is CC(C)(C)C(=O)C1=CC=C=NN1. The first-order valence-corrected chi connectivity index (χ1v) is 3.81. The van der Waals surface area contributed by atoms with E-state index in [-0.39, 0.29) is 11.2 Å². The molecular formula is C9H12N2O. The van der Waals surface area contributed by atoms with E-state index in [0.29, 0.717) is 5.70 Å². The minimum absolute atomic E-state index is 0.0593. The minimum Gasteiger partial charge on any atom is -0.292 e. The molecule has 3 nitrogen and oxygen atoms in total. The Labute approximate surface area is 71.9 Å². The summed E-state index contributed by atoms with van der Waals surface area (Å²) in [5.41, 5.74) is 2.79. The summed E-state index contributed by atoms with van der Waals surface area (Å²) in [6, 6.07) is 0. The van der Waals surface area contributed by atoms with Crippen molar-refractivity contribution in [3.05, 3.63) is 17.8 Å². The van der Waals surface area contributed by atoms with Crippen molar-refractivity contribution in [2.45, 2.75) is 20.8 Å². The predicted octanol–water partition coefficient (Wildman–Crippen LogP) is 1.23. The molecule has 0 aromatic carbocycles. The highest BCUT2D eigenvalue weighted by Crippen LogP contribution is 2.18. The summed E-state index contributed by atoms with van der Waals surface area (Å²) in [6.45, 7) is 5.62. The van der Waals surface area contributed by atoms with Crippen LogP contribution in [0.5, 0.6) is 0 Å². The first-order valence-electron chi connectivity index (χ1n) is 3.81. The minimum atomic E-state index is -0.362. The molecule has 1 aliphatic rings. The largest absolute Gasteiger partial charge is 0.292 e. The van der Waals surface area contributed by atoms with Crippen LogP contribution < -0.4 is 5.43 Å². The number of rotatable bonds is 1. The van der Waals surface area contributed by atoms with Crippen molar-refractivity contribution in [3.8, 4) is 0 Å². The Bertz CT molecular complexity index is 288. The number of Topliss-reactive ketones (excluding diaryl/α,β-unsaturated/α-hetero) is 1. The van der Waals surface area contributed by atoms with Crippen LogP contribution in [-0.2, 0) is 4.79 Å². The van der Waals surface area contributed by atoms with Crippen LogP contribution in [0.4, 0.5) is 0 Å². The molecular weight excluding hydrogens is 152 g/mol. The van der Waals surface area contributed by atoms with Crippen LogP contribution in [0.1, 0.15) is 20.8 Å². The van der Waals surface area contributed by atoms with E-state index < -0.39 is 0 Å². The van der Waals surface area contributed by atoms with Gasteiger partial charge in [-0.05, 0) is 6.08 Å². The number of hydrogen-bond donors (Lipinski definition) is 1. The van der Waals surface area contributed by atoms with Crippen molar-refractivity contribution in [2.24, 2.45) is 10.5 Å². The fourth-order valence-corrected chi connectivity index (χ4v) is 0.818. The highest BCUT2D eigenvalue weighted by atomic mass is 16.1. The third-order valence-electron chi connectivity index (χ3n) is 1.49. The molecule has 1 rings (SSSR count). The average Bonchev–Trinajstić information content (AvgIpc) is 2.03. The van der Waals surface area contributed by atoms with Crippen molar-refractivity contribution >= 4 is 11.7 Å². The third-order valence-corrected chi connectivity index (χ3v) is 1.49. The van der Waals surface area contributed by atoms with Gasteiger partial charge in [0, 0.05) is 17.4 Å². The van der Waals surface area contributed by atoms with Gasteiger partial charge in [0.05, 0.1) is 0 Å². The fraction of sp³-hybridized carbons (Fsp3) is 0.444. The van der Waals surface area contributed by atoms with E-state index in [1.807, 2.05) is 20.8 Å². The van der Waals surface area contributed by atoms with Gasteiger partial charge in [0.2, 0.25) is 0 Å². The second-order valence-corrected chi connectivity index (χ2v) is 3.68. The van der Waals surface area contributed by atoms with Gasteiger partial charge in [-0.25, -0.2) is 0 Å². The van der Waals surface area contributed by atoms with E-state index in [9.17, 15) is 4.79 Å². The summed E-state index contributed by atoms with van der Waals surface area (Å²) in [5.74, 6) is 2.64. The second-order valence-electron chi connectivity index (χ2n) is 3.68. The highest BCUT2D eigenvalue weighted by molar-refractivity contribution is 5.99. The lowest BCUT2D eigenvalue weighted by molar-refractivity contribution is -0.122. The Balaban J connectivity index is 2.81. The summed E-state index contributed by atoms with van der Waals surface area (Å²) in [5, 5.41) is 3.65. The maximum atomic E-state index is 11.6. The van der Waals surface area contributed by atoms with Gasteiger partial charge in [-0.1, -0.05) is 20.8 Å². The maximum absolute atomic E-state index is 11.6. The summed E-state index contributed by atoms with van der Waals surface area (Å²) >= 11 is 0. The molecule has 0 spiro atoms. The van der Waals surface area contributed by atoms with Gasteiger partial charge in [-0.3, -0.25) is 10.2 Å². The predicted molar refractivity (Wildman–Crippen MR) is 47.7 cm³/mol. The standard InChI is InChI=1S/C9H12N2O/c1-9(2,3)8(12)7-5-4-6-10-11-7/h4-5,11H,1-3H3. The third kappa shape index (κ3) is 1.83. The van der Waals surface area contributed by atoms with Crippen LogP contribution in [0.2, 0.25) is 0 Å². The van der Waals surface area contributed by atoms with Crippen LogP contribution in [0, 0.1) is 5.41 Å². The Hall–Kier alpha value is -1.34. The molecule has 0 aromatic rings. The number of hydrogen-bond acceptors (Lipinski definition) is 3. The van der Waals surface area contributed by atoms with E-state index in [0.717, 1.165) is 0 Å². The molecule has 0 aliphatic carbocycles. The lowest BCUT2D eigenvalue weighted by atomic mass is 9.89. The first kappa shape index (κ1) is 8.75. The van der Waals surface area contributed by atoms with E-state index in [1.165, 1.54) is 0 Å². The van der Waals surface area contributed by atoms with Crippen LogP contribution in [0.3, 0.4) is 0 Å². The van der Waals surface area contributed by atoms with Gasteiger partial charge in [0.15, 0.2) is 5.78 Å². The van der Waals surface area contributed by atoms with E-state index >= 15 is 0 Å². The maximum Gasteiger partial charge on any atom is 0.185 e. The summed E-state index contributed by atoms with van der Waals surface area (Å²) in [6.07, 6.45) is 3.30. The summed E-state index contributed by atoms with van der Waals surface area (Å²) in [7, 11) is 0. The molecule has 0 saturated carbocycles. The van der Waals surface area contributed by atoms with Crippen LogP contribution in [-0.4, -0.2) is 11.7 Å². The molecule has 64 valence electrons. The van der Waals surface area contributed by atoms with Crippen LogP contribution in [0.15, 0.2) is 23.0 Å². The number of ketones is 1. The lowest BCUT2D eigenvalue weighted by Gasteiger charge is -2.18. The van der Waals surface area contributed by atoms with Crippen molar-refractivity contribution in [2.75, 3.05) is 0 Å². The number of nitrogens with zero attached hydrogens (tertiary/aromatic N) is 1. The van der Waals surface area contributed by atoms with Crippen LogP contribution >= 0.6 is 0 Å². The topological polar surface area (TPSA) is 41.5 Å². The number of hydrazone groups is 1. The van der Waals surface area contributed by atoms with Gasteiger partial charge in [0.25, 0.3) is 0 Å². The molecule has 0 bridgehead atoms. The Morgan fingerprint density at radius 3 is 2.67 bits per heavy atom. The molecule has 0 fully saturated rings. The van der Waals surface area contributed by atoms with E-state index in [2.05, 4.69) is 16.4 Å². The zero-order chi connectivity index (χ0) is 9.19. The zero-order valence-corrected chi connectivity index (χ0v) is 7.51. The lowest BCUT2D eigenvalue weighted by Crippen LogP contribution is -2.28. The number of carbonyl (C=O) groups is 1. The highest BCUT2D eigenvalue weighted by Gasteiger charge is 2.24. The molecule has 1 aliphatic heterocycles. The first-order chi connectivity index (χ1) is 5.52. The fourth-order valence-electron chi connectivity index (χ4n) is 0.818. The molecule has 0 unspecified atom stereocenters. The Morgan fingerprint density at radius 2 is 2.25 bits per heavy atom. The average molecular weight is 164 g/mol. The van der Waals surface area contributed by atoms with Crippen molar-refractivity contribution in [3.63, 3.8) is 0 Å². The van der Waals surface area contributed by atoms with E-state index in [4.69, 9.17) is 0 Å². The number of allylic oxidation sites excluding steroid dienone is 3. The molecule has 0 amide bonds. The molecule has 3 heteroatoms. The quantitative estimate of drug-likeness (QED) is 0.633. The zero-order valence-electron chi connectivity index (χ0n) is 7.51. The molecule has 1 N–H and O–H groups in total. The molecule has 1 heterocycles. The number of carbonyl (C=O) groups excluding carboxylic acids is 1. The normalized spacial score (nSPS) is 15.4. The summed E-state index contributed by atoms with van der Waals surface area (Å²) in [4.78, 5) is 11.6. The van der Waals surface area contributed by atoms with Crippen molar-refractivity contribution in [1.82, 2.24) is 5.43 Å². The van der Waals surface area contributed by atoms with Gasteiger partial charge >= 0.3 is 0 Å². The number of nitrogens with one attached hydrogen (secondary N) is 1. The van der Waals surface area contributed by atoms with Gasteiger partial charge in [0.1, 0.15) is 5.70 Å². The van der Waals surface area contributed by atoms with Crippen molar-refractivity contribution < 1.29 is 4.79 Å². The summed E-state index contributed by atoms with van der Waals surface area (Å²) < 4.78 is 0. The Kier molecular flexibility index (Phi) is 2.15. The second kappa shape index (κ2) is 2.95. The van der Waals surface area contributed by atoms with Gasteiger partial charge < -0.3 is 0 Å². The van der Waals surface area contributed by atoms with Gasteiger partial charge in [-0.15, -0.1) is 5.10 Å².